The van der Waals surface area contributed by atoms with Gasteiger partial charge in [-0.15, -0.1) is 0 Å². The molecule has 0 unspecified atom stereocenters. The number of carbonyl (C=O) groups excluding carboxylic acids is 2. The predicted molar refractivity (Wildman–Crippen MR) is 120 cm³/mol. The molecule has 1 heterocycles. The summed E-state index contributed by atoms with van der Waals surface area (Å²) in [6.07, 6.45) is 14.0. The van der Waals surface area contributed by atoms with Crippen LogP contribution in [-0.4, -0.2) is 37.7 Å². The van der Waals surface area contributed by atoms with Crippen molar-refractivity contribution in [2.24, 2.45) is 0 Å². The van der Waals surface area contributed by atoms with Crippen molar-refractivity contribution in [3.63, 3.8) is 0 Å². The van der Waals surface area contributed by atoms with E-state index < -0.39 is 0 Å². The van der Waals surface area contributed by atoms with Crippen LogP contribution < -0.4 is 20.3 Å². The lowest BCUT2D eigenvalue weighted by Crippen LogP contribution is -2.47. The minimum atomic E-state index is -0.171. The van der Waals surface area contributed by atoms with Crippen LogP contribution in [-0.2, 0) is 4.79 Å². The molecule has 2 fully saturated rings. The van der Waals surface area contributed by atoms with Crippen molar-refractivity contribution in [3.8, 4) is 5.75 Å². The number of amides is 3. The third-order valence-electron chi connectivity index (χ3n) is 6.27. The first-order chi connectivity index (χ1) is 14.7. The number of carbonyl (C=O) groups is 2. The summed E-state index contributed by atoms with van der Waals surface area (Å²) in [7, 11) is 1.61. The number of nitrogens with one attached hydrogen (secondary N) is 2. The molecule has 2 aliphatic rings. The number of anilines is 1. The standard InChI is InChI=1S/C24H37N3O3/c1-30-22-15-11-14-21(17-22)27-18-20(16-23(27)28)26-24(29)25-19-12-9-7-5-3-2-4-6-8-10-13-19/h11,14-15,17,19-20H,2-10,12-13,16,18H2,1H3,(H2,25,26,29)/t20-/m1/s1. The lowest BCUT2D eigenvalue weighted by atomic mass is 9.98. The SMILES string of the molecule is COc1cccc(N2C[C@H](NC(=O)NC3CCCCCCCCCCC3)CC2=O)c1. The zero-order valence-corrected chi connectivity index (χ0v) is 18.3. The summed E-state index contributed by atoms with van der Waals surface area (Å²) in [5.74, 6) is 0.747. The minimum Gasteiger partial charge on any atom is -0.497 e. The Bertz CT molecular complexity index is 682. The van der Waals surface area contributed by atoms with Gasteiger partial charge in [-0.1, -0.05) is 63.9 Å². The highest BCUT2D eigenvalue weighted by atomic mass is 16.5. The Kier molecular flexibility index (Phi) is 8.84. The van der Waals surface area contributed by atoms with E-state index in [0.29, 0.717) is 13.0 Å². The van der Waals surface area contributed by atoms with Crippen LogP contribution >= 0.6 is 0 Å². The Morgan fingerprint density at radius 3 is 2.17 bits per heavy atom. The van der Waals surface area contributed by atoms with Crippen LogP contribution in [0, 0.1) is 0 Å². The first-order valence-electron chi connectivity index (χ1n) is 11.7. The molecule has 6 nitrogen and oxygen atoms in total. The molecule has 166 valence electrons. The Hall–Kier alpha value is -2.24. The molecule has 3 amide bonds. The van der Waals surface area contributed by atoms with Crippen molar-refractivity contribution in [3.05, 3.63) is 24.3 Å². The van der Waals surface area contributed by atoms with Crippen LogP contribution in [0.15, 0.2) is 24.3 Å². The van der Waals surface area contributed by atoms with E-state index in [2.05, 4.69) is 10.6 Å². The van der Waals surface area contributed by atoms with E-state index in [4.69, 9.17) is 4.74 Å². The van der Waals surface area contributed by atoms with Gasteiger partial charge in [0.25, 0.3) is 0 Å². The van der Waals surface area contributed by atoms with Gasteiger partial charge in [0.2, 0.25) is 5.91 Å². The molecule has 0 radical (unpaired) electrons. The van der Waals surface area contributed by atoms with Crippen molar-refractivity contribution in [2.45, 2.75) is 89.1 Å². The second-order valence-corrected chi connectivity index (χ2v) is 8.68. The number of nitrogens with zero attached hydrogens (tertiary/aromatic N) is 1. The van der Waals surface area contributed by atoms with Gasteiger partial charge in [-0.25, -0.2) is 4.79 Å². The smallest absolute Gasteiger partial charge is 0.315 e. The number of rotatable bonds is 4. The molecule has 1 aromatic rings. The second-order valence-electron chi connectivity index (χ2n) is 8.68. The first kappa shape index (κ1) is 22.4. The Morgan fingerprint density at radius 1 is 0.933 bits per heavy atom. The van der Waals surface area contributed by atoms with Crippen LogP contribution in [0.5, 0.6) is 5.75 Å². The molecular weight excluding hydrogens is 378 g/mol. The Labute approximate surface area is 180 Å². The van der Waals surface area contributed by atoms with Crippen molar-refractivity contribution in [1.82, 2.24) is 10.6 Å². The Morgan fingerprint density at radius 2 is 1.53 bits per heavy atom. The van der Waals surface area contributed by atoms with Crippen LogP contribution in [0.4, 0.5) is 10.5 Å². The topological polar surface area (TPSA) is 70.7 Å². The van der Waals surface area contributed by atoms with Crippen molar-refractivity contribution >= 4 is 17.6 Å². The molecule has 2 N–H and O–H groups in total. The molecule has 0 spiro atoms. The van der Waals surface area contributed by atoms with E-state index in [9.17, 15) is 9.59 Å². The maximum atomic E-state index is 12.6. The molecule has 3 rings (SSSR count). The summed E-state index contributed by atoms with van der Waals surface area (Å²) in [6, 6.07) is 7.40. The summed E-state index contributed by atoms with van der Waals surface area (Å²) in [5.41, 5.74) is 0.809. The average molecular weight is 416 g/mol. The van der Waals surface area contributed by atoms with Crippen LogP contribution in [0.1, 0.15) is 77.0 Å². The molecule has 0 aromatic heterocycles. The molecule has 1 saturated heterocycles. The fourth-order valence-electron chi connectivity index (χ4n) is 4.55. The zero-order valence-electron chi connectivity index (χ0n) is 18.3. The summed E-state index contributed by atoms with van der Waals surface area (Å²) < 4.78 is 5.26. The average Bonchev–Trinajstić information content (AvgIpc) is 3.10. The number of methoxy groups -OCH3 is 1. The van der Waals surface area contributed by atoms with Gasteiger partial charge in [-0.2, -0.15) is 0 Å². The molecule has 0 bridgehead atoms. The molecule has 1 saturated carbocycles. The highest BCUT2D eigenvalue weighted by molar-refractivity contribution is 5.97. The van der Waals surface area contributed by atoms with Gasteiger partial charge < -0.3 is 20.3 Å². The lowest BCUT2D eigenvalue weighted by Gasteiger charge is -2.22. The third kappa shape index (κ3) is 6.92. The highest BCUT2D eigenvalue weighted by Gasteiger charge is 2.32. The molecular formula is C24H37N3O3. The molecule has 30 heavy (non-hydrogen) atoms. The fraction of sp³-hybridized carbons (Fsp3) is 0.667. The molecule has 1 aliphatic heterocycles. The number of hydrogen-bond donors (Lipinski definition) is 2. The van der Waals surface area contributed by atoms with E-state index in [1.54, 1.807) is 12.0 Å². The summed E-state index contributed by atoms with van der Waals surface area (Å²) in [6.45, 7) is 0.490. The maximum Gasteiger partial charge on any atom is 0.315 e. The molecule has 6 heteroatoms. The normalized spacial score (nSPS) is 22.1. The molecule has 1 aromatic carbocycles. The van der Waals surface area contributed by atoms with Crippen molar-refractivity contribution < 1.29 is 14.3 Å². The summed E-state index contributed by atoms with van der Waals surface area (Å²) >= 11 is 0. The van der Waals surface area contributed by atoms with Crippen LogP contribution in [0.2, 0.25) is 0 Å². The zero-order chi connectivity index (χ0) is 21.2. The number of ether oxygens (including phenoxy) is 1. The van der Waals surface area contributed by atoms with Gasteiger partial charge in [0.1, 0.15) is 5.75 Å². The first-order valence-corrected chi connectivity index (χ1v) is 11.7. The maximum absolute atomic E-state index is 12.6. The quantitative estimate of drug-likeness (QED) is 0.744. The van der Waals surface area contributed by atoms with Gasteiger partial charge in [0, 0.05) is 30.8 Å². The van der Waals surface area contributed by atoms with Crippen molar-refractivity contribution in [2.75, 3.05) is 18.6 Å². The number of benzene rings is 1. The van der Waals surface area contributed by atoms with Gasteiger partial charge in [0.15, 0.2) is 0 Å². The molecule has 1 atom stereocenters. The van der Waals surface area contributed by atoms with Gasteiger partial charge >= 0.3 is 6.03 Å². The fourth-order valence-corrected chi connectivity index (χ4v) is 4.55. The van der Waals surface area contributed by atoms with Gasteiger partial charge in [-0.3, -0.25) is 4.79 Å². The van der Waals surface area contributed by atoms with Crippen LogP contribution in [0.25, 0.3) is 0 Å². The molecule has 1 aliphatic carbocycles. The van der Waals surface area contributed by atoms with Gasteiger partial charge in [-0.05, 0) is 25.0 Å². The minimum absolute atomic E-state index is 0.0274. The van der Waals surface area contributed by atoms with E-state index in [0.717, 1.165) is 24.3 Å². The van der Waals surface area contributed by atoms with Crippen molar-refractivity contribution in [1.29, 1.82) is 0 Å². The second kappa shape index (κ2) is 11.8. The lowest BCUT2D eigenvalue weighted by molar-refractivity contribution is -0.117. The van der Waals surface area contributed by atoms with Gasteiger partial charge in [0.05, 0.1) is 13.2 Å². The predicted octanol–water partition coefficient (Wildman–Crippen LogP) is 4.77. The van der Waals surface area contributed by atoms with E-state index >= 15 is 0 Å². The summed E-state index contributed by atoms with van der Waals surface area (Å²) in [5, 5.41) is 6.21. The largest absolute Gasteiger partial charge is 0.497 e. The van der Waals surface area contributed by atoms with E-state index in [-0.39, 0.29) is 24.0 Å². The third-order valence-corrected chi connectivity index (χ3v) is 6.27. The highest BCUT2D eigenvalue weighted by Crippen LogP contribution is 2.25. The van der Waals surface area contributed by atoms with Crippen LogP contribution in [0.3, 0.4) is 0 Å². The number of urea groups is 1. The Balaban J connectivity index is 1.49. The number of hydrogen-bond acceptors (Lipinski definition) is 3. The monoisotopic (exact) mass is 415 g/mol. The van der Waals surface area contributed by atoms with E-state index in [1.165, 1.54) is 57.8 Å². The van der Waals surface area contributed by atoms with E-state index in [1.807, 2.05) is 24.3 Å². The summed E-state index contributed by atoms with van der Waals surface area (Å²) in [4.78, 5) is 26.8.